The lowest BCUT2D eigenvalue weighted by molar-refractivity contribution is 0.200. The number of benzene rings is 1. The largest absolute Gasteiger partial charge is 0.412 e. The molecule has 0 saturated heterocycles. The zero-order chi connectivity index (χ0) is 10.2. The Labute approximate surface area is 83.1 Å². The molecule has 0 spiro atoms. The third-order valence-corrected chi connectivity index (χ3v) is 1.60. The maximum absolute atomic E-state index is 11.1. The van der Waals surface area contributed by atoms with Crippen molar-refractivity contribution in [3.05, 3.63) is 30.3 Å². The molecule has 0 unspecified atom stereocenters. The number of hydrogen-bond acceptors (Lipinski definition) is 3. The number of hydrogen-bond donors (Lipinski definition) is 2. The molecule has 0 aliphatic carbocycles. The van der Waals surface area contributed by atoms with Crippen LogP contribution in [0.2, 0.25) is 0 Å². The number of rotatable bonds is 4. The highest BCUT2D eigenvalue weighted by Gasteiger charge is 2.01. The van der Waals surface area contributed by atoms with Crippen molar-refractivity contribution in [2.45, 2.75) is 6.42 Å². The second kappa shape index (κ2) is 5.99. The minimum absolute atomic E-state index is 0.440. The molecule has 1 aromatic carbocycles. The van der Waals surface area contributed by atoms with Gasteiger partial charge >= 0.3 is 6.09 Å². The van der Waals surface area contributed by atoms with Crippen LogP contribution in [-0.2, 0) is 0 Å². The predicted molar refractivity (Wildman–Crippen MR) is 54.1 cm³/mol. The van der Waals surface area contributed by atoms with E-state index in [9.17, 15) is 4.79 Å². The van der Waals surface area contributed by atoms with E-state index in [4.69, 9.17) is 10.5 Å². The van der Waals surface area contributed by atoms with Gasteiger partial charge in [0.25, 0.3) is 0 Å². The van der Waals surface area contributed by atoms with Crippen LogP contribution in [0.5, 0.6) is 5.75 Å². The summed E-state index contributed by atoms with van der Waals surface area (Å²) in [6.07, 6.45) is 0.314. The van der Waals surface area contributed by atoms with E-state index < -0.39 is 6.09 Å². The summed E-state index contributed by atoms with van der Waals surface area (Å²) < 4.78 is 4.97. The SMILES string of the molecule is NCCCNC(=O)Oc1ccccc1. The van der Waals surface area contributed by atoms with Crippen LogP contribution in [0.1, 0.15) is 6.42 Å². The molecule has 4 heteroatoms. The minimum atomic E-state index is -0.440. The van der Waals surface area contributed by atoms with E-state index in [1.807, 2.05) is 18.2 Å². The third-order valence-electron chi connectivity index (χ3n) is 1.60. The van der Waals surface area contributed by atoms with E-state index in [1.54, 1.807) is 12.1 Å². The number of ether oxygens (including phenoxy) is 1. The van der Waals surface area contributed by atoms with Gasteiger partial charge in [0.1, 0.15) is 5.75 Å². The van der Waals surface area contributed by atoms with Gasteiger partial charge in [-0.25, -0.2) is 4.79 Å². The molecule has 3 N–H and O–H groups in total. The van der Waals surface area contributed by atoms with Crippen LogP contribution >= 0.6 is 0 Å². The molecule has 76 valence electrons. The summed E-state index contributed by atoms with van der Waals surface area (Å²) in [4.78, 5) is 11.1. The number of carbonyl (C=O) groups is 1. The van der Waals surface area contributed by atoms with Gasteiger partial charge in [0.05, 0.1) is 0 Å². The highest BCUT2D eigenvalue weighted by atomic mass is 16.5. The normalized spacial score (nSPS) is 9.50. The summed E-state index contributed by atoms with van der Waals surface area (Å²) in [6, 6.07) is 8.93. The topological polar surface area (TPSA) is 64.3 Å². The van der Waals surface area contributed by atoms with E-state index in [2.05, 4.69) is 5.32 Å². The summed E-state index contributed by atoms with van der Waals surface area (Å²) in [5.41, 5.74) is 5.28. The molecule has 0 atom stereocenters. The third kappa shape index (κ3) is 3.91. The molecule has 0 aliphatic heterocycles. The maximum Gasteiger partial charge on any atom is 0.412 e. The van der Waals surface area contributed by atoms with E-state index in [0.717, 1.165) is 6.42 Å². The van der Waals surface area contributed by atoms with Crippen molar-refractivity contribution in [2.24, 2.45) is 5.73 Å². The zero-order valence-corrected chi connectivity index (χ0v) is 7.90. The fraction of sp³-hybridized carbons (Fsp3) is 0.300. The smallest absolute Gasteiger partial charge is 0.410 e. The first kappa shape index (κ1) is 10.5. The molecule has 0 aromatic heterocycles. The average Bonchev–Trinajstić information content (AvgIpc) is 2.20. The molecule has 0 fully saturated rings. The van der Waals surface area contributed by atoms with Crippen LogP contribution in [0.15, 0.2) is 30.3 Å². The monoisotopic (exact) mass is 194 g/mol. The minimum Gasteiger partial charge on any atom is -0.410 e. The van der Waals surface area contributed by atoms with Crippen LogP contribution in [0, 0.1) is 0 Å². The molecule has 1 amide bonds. The van der Waals surface area contributed by atoms with Crippen LogP contribution in [0.4, 0.5) is 4.79 Å². The fourth-order valence-electron chi connectivity index (χ4n) is 0.924. The Bertz CT molecular complexity index is 275. The number of nitrogens with one attached hydrogen (secondary N) is 1. The van der Waals surface area contributed by atoms with Gasteiger partial charge in [0.15, 0.2) is 0 Å². The molecular weight excluding hydrogens is 180 g/mol. The summed E-state index contributed by atoms with van der Waals surface area (Å²) in [7, 11) is 0. The lowest BCUT2D eigenvalue weighted by atomic mass is 10.3. The van der Waals surface area contributed by atoms with Crippen molar-refractivity contribution < 1.29 is 9.53 Å². The Morgan fingerprint density at radius 1 is 1.36 bits per heavy atom. The molecule has 0 saturated carbocycles. The highest BCUT2D eigenvalue weighted by molar-refractivity contribution is 5.70. The van der Waals surface area contributed by atoms with Gasteiger partial charge < -0.3 is 15.8 Å². The van der Waals surface area contributed by atoms with Gasteiger partial charge in [0.2, 0.25) is 0 Å². The lowest BCUT2D eigenvalue weighted by Crippen LogP contribution is -2.28. The van der Waals surface area contributed by atoms with Crippen molar-refractivity contribution in [1.29, 1.82) is 0 Å². The molecule has 0 aliphatic rings. The van der Waals surface area contributed by atoms with Gasteiger partial charge in [-0.15, -0.1) is 0 Å². The molecule has 4 nitrogen and oxygen atoms in total. The average molecular weight is 194 g/mol. The van der Waals surface area contributed by atoms with E-state index in [1.165, 1.54) is 0 Å². The predicted octanol–water partition coefficient (Wildman–Crippen LogP) is 1.12. The van der Waals surface area contributed by atoms with Gasteiger partial charge in [-0.2, -0.15) is 0 Å². The second-order valence-electron chi connectivity index (χ2n) is 2.77. The van der Waals surface area contributed by atoms with Gasteiger partial charge in [0, 0.05) is 6.54 Å². The van der Waals surface area contributed by atoms with Crippen molar-refractivity contribution in [1.82, 2.24) is 5.32 Å². The Balaban J connectivity index is 2.27. The molecular formula is C10H14N2O2. The van der Waals surface area contributed by atoms with Crippen molar-refractivity contribution in [3.63, 3.8) is 0 Å². The van der Waals surface area contributed by atoms with Gasteiger partial charge in [-0.3, -0.25) is 0 Å². The number of nitrogens with two attached hydrogens (primary N) is 1. The standard InChI is InChI=1S/C10H14N2O2/c11-7-4-8-12-10(13)14-9-5-2-1-3-6-9/h1-3,5-6H,4,7-8,11H2,(H,12,13). The Morgan fingerprint density at radius 2 is 2.07 bits per heavy atom. The van der Waals surface area contributed by atoms with E-state index >= 15 is 0 Å². The second-order valence-corrected chi connectivity index (χ2v) is 2.77. The highest BCUT2D eigenvalue weighted by Crippen LogP contribution is 2.07. The Kier molecular flexibility index (Phi) is 4.50. The summed E-state index contributed by atoms with van der Waals surface area (Å²) in [5.74, 6) is 0.540. The lowest BCUT2D eigenvalue weighted by Gasteiger charge is -2.05. The van der Waals surface area contributed by atoms with Gasteiger partial charge in [-0.1, -0.05) is 18.2 Å². The van der Waals surface area contributed by atoms with Crippen molar-refractivity contribution in [2.75, 3.05) is 13.1 Å². The molecule has 0 radical (unpaired) electrons. The summed E-state index contributed by atoms with van der Waals surface area (Å²) in [6.45, 7) is 1.10. The van der Waals surface area contributed by atoms with Crippen LogP contribution in [0.3, 0.4) is 0 Å². The molecule has 0 bridgehead atoms. The molecule has 0 heterocycles. The van der Waals surface area contributed by atoms with E-state index in [0.29, 0.717) is 18.8 Å². The number of amides is 1. The first-order chi connectivity index (χ1) is 6.83. The van der Waals surface area contributed by atoms with Crippen molar-refractivity contribution >= 4 is 6.09 Å². The van der Waals surface area contributed by atoms with E-state index in [-0.39, 0.29) is 0 Å². The van der Waals surface area contributed by atoms with Crippen LogP contribution in [0.25, 0.3) is 0 Å². The zero-order valence-electron chi connectivity index (χ0n) is 7.90. The first-order valence-electron chi connectivity index (χ1n) is 4.53. The molecule has 1 rings (SSSR count). The number of carbonyl (C=O) groups excluding carboxylic acids is 1. The van der Waals surface area contributed by atoms with Crippen molar-refractivity contribution in [3.8, 4) is 5.75 Å². The van der Waals surface area contributed by atoms with Crippen LogP contribution < -0.4 is 15.8 Å². The van der Waals surface area contributed by atoms with Gasteiger partial charge in [-0.05, 0) is 25.1 Å². The van der Waals surface area contributed by atoms with Crippen LogP contribution in [-0.4, -0.2) is 19.2 Å². The Morgan fingerprint density at radius 3 is 2.71 bits per heavy atom. The molecule has 1 aromatic rings. The molecule has 14 heavy (non-hydrogen) atoms. The Hall–Kier alpha value is -1.55. The quantitative estimate of drug-likeness (QED) is 0.706. The maximum atomic E-state index is 11.1. The summed E-state index contributed by atoms with van der Waals surface area (Å²) >= 11 is 0. The fourth-order valence-corrected chi connectivity index (χ4v) is 0.924. The summed E-state index contributed by atoms with van der Waals surface area (Å²) in [5, 5.41) is 2.59. The number of para-hydroxylation sites is 1. The first-order valence-corrected chi connectivity index (χ1v) is 4.53.